The summed E-state index contributed by atoms with van der Waals surface area (Å²) in [5.41, 5.74) is 11.2. The van der Waals surface area contributed by atoms with Crippen LogP contribution in [0.3, 0.4) is 0 Å². The summed E-state index contributed by atoms with van der Waals surface area (Å²) in [6.07, 6.45) is 4.96. The van der Waals surface area contributed by atoms with Gasteiger partial charge in [-0.3, -0.25) is 0 Å². The van der Waals surface area contributed by atoms with Crippen LogP contribution in [0.25, 0.3) is 0 Å². The van der Waals surface area contributed by atoms with E-state index in [2.05, 4.69) is 0 Å². The molecular weight excluding hydrogens is 152 g/mol. The highest BCUT2D eigenvalue weighted by Gasteiger charge is 2.07. The van der Waals surface area contributed by atoms with Gasteiger partial charge in [0.1, 0.15) is 5.76 Å². The van der Waals surface area contributed by atoms with Gasteiger partial charge < -0.3 is 16.2 Å². The number of methoxy groups -OCH3 is 1. The molecule has 1 atom stereocenters. The van der Waals surface area contributed by atoms with E-state index >= 15 is 0 Å². The van der Waals surface area contributed by atoms with E-state index in [1.807, 2.05) is 13.0 Å². The maximum atomic E-state index is 5.85. The molecule has 1 unspecified atom stereocenters. The number of unbranched alkanes of at least 4 members (excludes halogenated alkanes) is 1. The van der Waals surface area contributed by atoms with Crippen LogP contribution in [-0.2, 0) is 4.74 Å². The molecule has 0 aromatic rings. The third kappa shape index (κ3) is 4.36. The number of nitrogens with two attached hydrogens (primary N) is 2. The molecule has 0 aliphatic carbocycles. The summed E-state index contributed by atoms with van der Waals surface area (Å²) in [6, 6.07) is 0.0338. The molecule has 0 saturated carbocycles. The molecule has 3 heteroatoms. The molecular formula is C9H20N2O. The fourth-order valence-corrected chi connectivity index (χ4v) is 1.13. The Morgan fingerprint density at radius 3 is 2.58 bits per heavy atom. The van der Waals surface area contributed by atoms with Gasteiger partial charge in [-0.05, 0) is 32.4 Å². The number of ether oxygens (including phenoxy) is 1. The summed E-state index contributed by atoms with van der Waals surface area (Å²) in [4.78, 5) is 0. The van der Waals surface area contributed by atoms with E-state index in [1.54, 1.807) is 7.11 Å². The second kappa shape index (κ2) is 7.13. The van der Waals surface area contributed by atoms with Crippen LogP contribution >= 0.6 is 0 Å². The Labute approximate surface area is 74.8 Å². The van der Waals surface area contributed by atoms with Crippen molar-refractivity contribution in [2.24, 2.45) is 11.5 Å². The van der Waals surface area contributed by atoms with Crippen LogP contribution in [0.4, 0.5) is 0 Å². The summed E-state index contributed by atoms with van der Waals surface area (Å²) in [5, 5.41) is 0. The van der Waals surface area contributed by atoms with Crippen LogP contribution in [-0.4, -0.2) is 19.7 Å². The molecule has 0 aromatic heterocycles. The Morgan fingerprint density at radius 1 is 1.50 bits per heavy atom. The van der Waals surface area contributed by atoms with Crippen molar-refractivity contribution < 1.29 is 4.74 Å². The second-order valence-electron chi connectivity index (χ2n) is 2.79. The van der Waals surface area contributed by atoms with E-state index < -0.39 is 0 Å². The van der Waals surface area contributed by atoms with Gasteiger partial charge in [-0.25, -0.2) is 0 Å². The highest BCUT2D eigenvalue weighted by molar-refractivity contribution is 4.99. The Kier molecular flexibility index (Phi) is 6.81. The molecule has 0 fully saturated rings. The largest absolute Gasteiger partial charge is 0.500 e. The van der Waals surface area contributed by atoms with Gasteiger partial charge in [0.2, 0.25) is 0 Å². The highest BCUT2D eigenvalue weighted by Crippen LogP contribution is 2.07. The van der Waals surface area contributed by atoms with Gasteiger partial charge in [0, 0.05) is 0 Å². The fraction of sp³-hybridized carbons (Fsp3) is 0.778. The summed E-state index contributed by atoms with van der Waals surface area (Å²) < 4.78 is 5.10. The third-order valence-electron chi connectivity index (χ3n) is 1.85. The standard InChI is InChI=1S/C9H20N2O/c1-3-9(12-2)8(11)6-4-5-7-10/h3,8H,4-7,10-11H2,1-2H3/b9-3-. The first-order valence-electron chi connectivity index (χ1n) is 4.42. The van der Waals surface area contributed by atoms with Crippen molar-refractivity contribution in [1.29, 1.82) is 0 Å². The van der Waals surface area contributed by atoms with E-state index in [-0.39, 0.29) is 6.04 Å². The smallest absolute Gasteiger partial charge is 0.108 e. The van der Waals surface area contributed by atoms with E-state index in [4.69, 9.17) is 16.2 Å². The van der Waals surface area contributed by atoms with Crippen LogP contribution in [0.15, 0.2) is 11.8 Å². The Hall–Kier alpha value is -0.540. The lowest BCUT2D eigenvalue weighted by Crippen LogP contribution is -2.23. The van der Waals surface area contributed by atoms with Crippen LogP contribution in [0.1, 0.15) is 26.2 Å². The number of hydrogen-bond acceptors (Lipinski definition) is 3. The van der Waals surface area contributed by atoms with Gasteiger partial charge in [-0.15, -0.1) is 0 Å². The molecule has 0 heterocycles. The molecule has 0 aromatic carbocycles. The minimum Gasteiger partial charge on any atom is -0.500 e. The molecule has 0 bridgehead atoms. The Bertz CT molecular complexity index is 134. The molecule has 0 radical (unpaired) electrons. The van der Waals surface area contributed by atoms with Gasteiger partial charge in [0.15, 0.2) is 0 Å². The molecule has 0 saturated heterocycles. The quantitative estimate of drug-likeness (QED) is 0.464. The Morgan fingerprint density at radius 2 is 2.17 bits per heavy atom. The summed E-state index contributed by atoms with van der Waals surface area (Å²) in [7, 11) is 1.65. The average molecular weight is 172 g/mol. The van der Waals surface area contributed by atoms with E-state index in [0.29, 0.717) is 0 Å². The van der Waals surface area contributed by atoms with Crippen molar-refractivity contribution in [3.63, 3.8) is 0 Å². The molecule has 0 rings (SSSR count). The minimum absolute atomic E-state index is 0.0338. The minimum atomic E-state index is 0.0338. The summed E-state index contributed by atoms with van der Waals surface area (Å²) >= 11 is 0. The van der Waals surface area contributed by atoms with Crippen molar-refractivity contribution in [3.8, 4) is 0 Å². The van der Waals surface area contributed by atoms with E-state index in [0.717, 1.165) is 31.6 Å². The van der Waals surface area contributed by atoms with Crippen LogP contribution in [0.5, 0.6) is 0 Å². The zero-order chi connectivity index (χ0) is 9.40. The van der Waals surface area contributed by atoms with Gasteiger partial charge >= 0.3 is 0 Å². The molecule has 0 aliphatic rings. The SMILES string of the molecule is C/C=C(\OC)C(N)CCCCN. The number of rotatable bonds is 6. The molecule has 0 amide bonds. The maximum absolute atomic E-state index is 5.85. The van der Waals surface area contributed by atoms with Crippen LogP contribution in [0.2, 0.25) is 0 Å². The van der Waals surface area contributed by atoms with Crippen molar-refractivity contribution in [1.82, 2.24) is 0 Å². The molecule has 0 spiro atoms. The lowest BCUT2D eigenvalue weighted by molar-refractivity contribution is 0.258. The number of allylic oxidation sites excluding steroid dienone is 1. The van der Waals surface area contributed by atoms with Gasteiger partial charge in [0.05, 0.1) is 13.2 Å². The fourth-order valence-electron chi connectivity index (χ4n) is 1.13. The third-order valence-corrected chi connectivity index (χ3v) is 1.85. The molecule has 3 nitrogen and oxygen atoms in total. The highest BCUT2D eigenvalue weighted by atomic mass is 16.5. The van der Waals surface area contributed by atoms with E-state index in [9.17, 15) is 0 Å². The molecule has 4 N–H and O–H groups in total. The summed E-state index contributed by atoms with van der Waals surface area (Å²) in [5.74, 6) is 0.868. The van der Waals surface area contributed by atoms with Crippen LogP contribution < -0.4 is 11.5 Å². The van der Waals surface area contributed by atoms with Gasteiger partial charge in [0.25, 0.3) is 0 Å². The zero-order valence-corrected chi connectivity index (χ0v) is 8.05. The van der Waals surface area contributed by atoms with E-state index in [1.165, 1.54) is 0 Å². The lowest BCUT2D eigenvalue weighted by Gasteiger charge is -2.13. The lowest BCUT2D eigenvalue weighted by atomic mass is 10.1. The first kappa shape index (κ1) is 11.5. The molecule has 12 heavy (non-hydrogen) atoms. The number of hydrogen-bond donors (Lipinski definition) is 2. The average Bonchev–Trinajstić information content (AvgIpc) is 2.07. The van der Waals surface area contributed by atoms with Crippen molar-refractivity contribution in [3.05, 3.63) is 11.8 Å². The zero-order valence-electron chi connectivity index (χ0n) is 8.05. The van der Waals surface area contributed by atoms with Crippen LogP contribution in [0, 0.1) is 0 Å². The first-order chi connectivity index (χ1) is 5.76. The van der Waals surface area contributed by atoms with Crippen molar-refractivity contribution in [2.75, 3.05) is 13.7 Å². The Balaban J connectivity index is 3.62. The first-order valence-corrected chi connectivity index (χ1v) is 4.42. The van der Waals surface area contributed by atoms with Crippen molar-refractivity contribution >= 4 is 0 Å². The van der Waals surface area contributed by atoms with Gasteiger partial charge in [-0.1, -0.05) is 6.42 Å². The second-order valence-corrected chi connectivity index (χ2v) is 2.79. The predicted octanol–water partition coefficient (Wildman–Crippen LogP) is 0.993. The maximum Gasteiger partial charge on any atom is 0.108 e. The predicted molar refractivity (Wildman–Crippen MR) is 51.6 cm³/mol. The topological polar surface area (TPSA) is 61.3 Å². The molecule has 0 aliphatic heterocycles. The normalized spacial score (nSPS) is 14.5. The monoisotopic (exact) mass is 172 g/mol. The molecule has 72 valence electrons. The summed E-state index contributed by atoms with van der Waals surface area (Å²) in [6.45, 7) is 2.67. The van der Waals surface area contributed by atoms with Gasteiger partial charge in [-0.2, -0.15) is 0 Å². The van der Waals surface area contributed by atoms with Crippen molar-refractivity contribution in [2.45, 2.75) is 32.2 Å².